The second-order valence-corrected chi connectivity index (χ2v) is 11.8. The molecule has 0 bridgehead atoms. The summed E-state index contributed by atoms with van der Waals surface area (Å²) in [7, 11) is -2.64. The average molecular weight is 591 g/mol. The molecule has 0 spiro atoms. The zero-order valence-corrected chi connectivity index (χ0v) is 24.8. The molecule has 0 aliphatic carbocycles. The fourth-order valence-corrected chi connectivity index (χ4v) is 6.24. The third kappa shape index (κ3) is 7.12. The SMILES string of the molecule is CCc1ccccc1N(CC(=O)N(Cc1ccc(Cl)cc1Cl)[C@@H](CC)C(=O)NC)S(=O)(=O)c1ccc(C)cc1. The van der Waals surface area contributed by atoms with E-state index in [1.807, 2.05) is 26.0 Å². The van der Waals surface area contributed by atoms with Crippen LogP contribution in [-0.4, -0.2) is 44.8 Å². The van der Waals surface area contributed by atoms with Gasteiger partial charge in [-0.25, -0.2) is 8.42 Å². The number of halogens is 2. The van der Waals surface area contributed by atoms with E-state index in [9.17, 15) is 18.0 Å². The number of nitrogens with one attached hydrogen (secondary N) is 1. The van der Waals surface area contributed by atoms with Gasteiger partial charge in [0.15, 0.2) is 0 Å². The summed E-state index contributed by atoms with van der Waals surface area (Å²) in [5.74, 6) is -0.907. The molecule has 0 radical (unpaired) electrons. The summed E-state index contributed by atoms with van der Waals surface area (Å²) >= 11 is 12.5. The maximum Gasteiger partial charge on any atom is 0.264 e. The summed E-state index contributed by atoms with van der Waals surface area (Å²) in [6.07, 6.45) is 0.872. The van der Waals surface area contributed by atoms with E-state index in [1.54, 1.807) is 49.4 Å². The molecule has 0 aliphatic rings. The van der Waals surface area contributed by atoms with Gasteiger partial charge in [0.2, 0.25) is 11.8 Å². The number of aryl methyl sites for hydroxylation is 2. The van der Waals surface area contributed by atoms with Crippen LogP contribution in [0.2, 0.25) is 10.0 Å². The van der Waals surface area contributed by atoms with Gasteiger partial charge in [-0.1, -0.05) is 79.0 Å². The number of hydrogen-bond donors (Lipinski definition) is 1. The summed E-state index contributed by atoms with van der Waals surface area (Å²) in [5, 5.41) is 3.38. The van der Waals surface area contributed by atoms with Gasteiger partial charge in [0.25, 0.3) is 10.0 Å². The third-order valence-corrected chi connectivity index (χ3v) is 8.88. The summed E-state index contributed by atoms with van der Waals surface area (Å²) in [6.45, 7) is 5.07. The predicted octanol–water partition coefficient (Wildman–Crippen LogP) is 5.61. The standard InChI is InChI=1S/C29H33Cl2N3O4S/c1-5-21-9-7-8-10-27(21)34(39(37,38)24-15-11-20(3)12-16-24)19-28(35)33(26(6-2)29(36)32-4)18-22-13-14-23(30)17-25(22)31/h7-17,26H,5-6,18-19H2,1-4H3,(H,32,36)/t26-/m0/s1. The van der Waals surface area contributed by atoms with Crippen LogP contribution in [-0.2, 0) is 32.6 Å². The molecule has 7 nitrogen and oxygen atoms in total. The number of nitrogens with zero attached hydrogens (tertiary/aromatic N) is 2. The van der Waals surface area contributed by atoms with Crippen LogP contribution >= 0.6 is 23.2 Å². The molecule has 0 saturated heterocycles. The van der Waals surface area contributed by atoms with Gasteiger partial charge in [-0.3, -0.25) is 13.9 Å². The van der Waals surface area contributed by atoms with E-state index in [-0.39, 0.29) is 17.3 Å². The Morgan fingerprint density at radius 2 is 1.62 bits per heavy atom. The lowest BCUT2D eigenvalue weighted by Crippen LogP contribution is -2.51. The summed E-state index contributed by atoms with van der Waals surface area (Å²) in [4.78, 5) is 28.3. The molecule has 0 aliphatic heterocycles. The van der Waals surface area contributed by atoms with Crippen LogP contribution < -0.4 is 9.62 Å². The summed E-state index contributed by atoms with van der Waals surface area (Å²) in [5.41, 5.74) is 2.67. The predicted molar refractivity (Wildman–Crippen MR) is 157 cm³/mol. The van der Waals surface area contributed by atoms with Crippen molar-refractivity contribution in [3.63, 3.8) is 0 Å². The Kier molecular flexibility index (Phi) is 10.4. The first kappa shape index (κ1) is 30.5. The molecule has 3 rings (SSSR count). The van der Waals surface area contributed by atoms with Crippen LogP contribution in [0.4, 0.5) is 5.69 Å². The Bertz CT molecular complexity index is 1430. The maximum atomic E-state index is 14.0. The Morgan fingerprint density at radius 3 is 2.21 bits per heavy atom. The molecule has 39 heavy (non-hydrogen) atoms. The van der Waals surface area contributed by atoms with Crippen molar-refractivity contribution in [1.29, 1.82) is 0 Å². The lowest BCUT2D eigenvalue weighted by Gasteiger charge is -2.33. The van der Waals surface area contributed by atoms with Crippen molar-refractivity contribution in [3.8, 4) is 0 Å². The fraction of sp³-hybridized carbons (Fsp3) is 0.310. The number of benzene rings is 3. The molecule has 208 valence electrons. The highest BCUT2D eigenvalue weighted by atomic mass is 35.5. The maximum absolute atomic E-state index is 14.0. The van der Waals surface area contributed by atoms with Gasteiger partial charge in [0.05, 0.1) is 10.6 Å². The molecule has 2 amide bonds. The van der Waals surface area contributed by atoms with Crippen LogP contribution in [0.5, 0.6) is 0 Å². The number of carbonyl (C=O) groups excluding carboxylic acids is 2. The number of carbonyl (C=O) groups is 2. The number of likely N-dealkylation sites (N-methyl/N-ethyl adjacent to an activating group) is 1. The molecule has 0 aromatic heterocycles. The van der Waals surface area contributed by atoms with Gasteiger partial charge in [-0.2, -0.15) is 0 Å². The number of amides is 2. The Morgan fingerprint density at radius 1 is 0.949 bits per heavy atom. The van der Waals surface area contributed by atoms with Crippen LogP contribution in [0.3, 0.4) is 0 Å². The van der Waals surface area contributed by atoms with Gasteiger partial charge in [0, 0.05) is 23.6 Å². The fourth-order valence-electron chi connectivity index (χ4n) is 4.32. The molecule has 3 aromatic carbocycles. The number of hydrogen-bond acceptors (Lipinski definition) is 4. The first-order valence-corrected chi connectivity index (χ1v) is 14.8. The summed E-state index contributed by atoms with van der Waals surface area (Å²) in [6, 6.07) is 17.6. The lowest BCUT2D eigenvalue weighted by molar-refractivity contribution is -0.140. The minimum absolute atomic E-state index is 0.00535. The lowest BCUT2D eigenvalue weighted by atomic mass is 10.1. The largest absolute Gasteiger partial charge is 0.357 e. The zero-order valence-electron chi connectivity index (χ0n) is 22.4. The Labute approximate surface area is 240 Å². The Balaban J connectivity index is 2.12. The van der Waals surface area contributed by atoms with Gasteiger partial charge in [0.1, 0.15) is 12.6 Å². The minimum atomic E-state index is -4.14. The van der Waals surface area contributed by atoms with Crippen molar-refractivity contribution < 1.29 is 18.0 Å². The van der Waals surface area contributed by atoms with E-state index in [1.165, 1.54) is 24.1 Å². The summed E-state index contributed by atoms with van der Waals surface area (Å²) < 4.78 is 29.1. The van der Waals surface area contributed by atoms with E-state index in [0.29, 0.717) is 34.1 Å². The second kappa shape index (κ2) is 13.3. The van der Waals surface area contributed by atoms with E-state index < -0.39 is 28.5 Å². The zero-order chi connectivity index (χ0) is 28.7. The molecular formula is C29H33Cl2N3O4S. The molecule has 0 saturated carbocycles. The highest BCUT2D eigenvalue weighted by Gasteiger charge is 2.34. The number of rotatable bonds is 11. The van der Waals surface area contributed by atoms with Crippen molar-refractivity contribution >= 4 is 50.7 Å². The quantitative estimate of drug-likeness (QED) is 0.315. The number of anilines is 1. The van der Waals surface area contributed by atoms with Gasteiger partial charge in [-0.15, -0.1) is 0 Å². The Hall–Kier alpha value is -3.07. The molecular weight excluding hydrogens is 557 g/mol. The van der Waals surface area contributed by atoms with Gasteiger partial charge in [-0.05, 0) is 61.2 Å². The van der Waals surface area contributed by atoms with Crippen molar-refractivity contribution in [2.75, 3.05) is 17.9 Å². The topological polar surface area (TPSA) is 86.8 Å². The smallest absolute Gasteiger partial charge is 0.264 e. The van der Waals surface area contributed by atoms with Crippen LogP contribution in [0.1, 0.15) is 37.0 Å². The minimum Gasteiger partial charge on any atom is -0.357 e. The normalized spacial score (nSPS) is 12.1. The van der Waals surface area contributed by atoms with Crippen molar-refractivity contribution in [2.24, 2.45) is 0 Å². The molecule has 0 fully saturated rings. The molecule has 0 heterocycles. The van der Waals surface area contributed by atoms with Crippen LogP contribution in [0, 0.1) is 6.92 Å². The second-order valence-electron chi connectivity index (χ2n) is 9.10. The average Bonchev–Trinajstić information content (AvgIpc) is 2.92. The monoisotopic (exact) mass is 589 g/mol. The van der Waals surface area contributed by atoms with E-state index in [4.69, 9.17) is 23.2 Å². The van der Waals surface area contributed by atoms with E-state index in [2.05, 4.69) is 5.32 Å². The molecule has 3 aromatic rings. The van der Waals surface area contributed by atoms with Gasteiger partial charge < -0.3 is 10.2 Å². The molecule has 1 atom stereocenters. The van der Waals surface area contributed by atoms with Crippen LogP contribution in [0.25, 0.3) is 0 Å². The highest BCUT2D eigenvalue weighted by molar-refractivity contribution is 7.92. The number of para-hydroxylation sites is 1. The number of sulfonamides is 1. The van der Waals surface area contributed by atoms with Crippen molar-refractivity contribution in [1.82, 2.24) is 10.2 Å². The van der Waals surface area contributed by atoms with E-state index >= 15 is 0 Å². The molecule has 0 unspecified atom stereocenters. The van der Waals surface area contributed by atoms with E-state index in [0.717, 1.165) is 15.4 Å². The van der Waals surface area contributed by atoms with Gasteiger partial charge >= 0.3 is 0 Å². The van der Waals surface area contributed by atoms with Crippen molar-refractivity contribution in [3.05, 3.63) is 93.5 Å². The van der Waals surface area contributed by atoms with Crippen LogP contribution in [0.15, 0.2) is 71.6 Å². The first-order chi connectivity index (χ1) is 18.5. The molecule has 1 N–H and O–H groups in total. The third-order valence-electron chi connectivity index (χ3n) is 6.52. The molecule has 10 heteroatoms. The highest BCUT2D eigenvalue weighted by Crippen LogP contribution is 2.29. The van der Waals surface area contributed by atoms with Crippen molar-refractivity contribution in [2.45, 2.75) is 51.1 Å². The first-order valence-electron chi connectivity index (χ1n) is 12.7.